The highest BCUT2D eigenvalue weighted by Crippen LogP contribution is 2.37. The quantitative estimate of drug-likeness (QED) is 0.429. The maximum atomic E-state index is 13.8. The van der Waals surface area contributed by atoms with Gasteiger partial charge in [-0.3, -0.25) is 14.2 Å². The molecule has 0 amide bonds. The summed E-state index contributed by atoms with van der Waals surface area (Å²) in [4.78, 5) is 48.7. The van der Waals surface area contributed by atoms with Gasteiger partial charge < -0.3 is 9.88 Å². The number of hydrogen-bond donors (Lipinski definition) is 1. The van der Waals surface area contributed by atoms with Crippen LogP contribution in [-0.4, -0.2) is 36.0 Å². The van der Waals surface area contributed by atoms with E-state index < -0.39 is 5.56 Å². The van der Waals surface area contributed by atoms with Crippen molar-refractivity contribution < 1.29 is 0 Å². The number of fused-ring (bicyclic) bond motifs is 2. The van der Waals surface area contributed by atoms with Crippen LogP contribution in [0.4, 0.5) is 5.82 Å². The fourth-order valence-corrected chi connectivity index (χ4v) is 4.91. The summed E-state index contributed by atoms with van der Waals surface area (Å²) in [6.45, 7) is 0.642. The Morgan fingerprint density at radius 2 is 1.82 bits per heavy atom. The van der Waals surface area contributed by atoms with E-state index in [1.165, 1.54) is 12.7 Å². The molecule has 1 saturated heterocycles. The second kappa shape index (κ2) is 8.03. The summed E-state index contributed by atoms with van der Waals surface area (Å²) in [5, 5.41) is 1.04. The van der Waals surface area contributed by atoms with Crippen LogP contribution in [0.5, 0.6) is 0 Å². The van der Waals surface area contributed by atoms with Crippen molar-refractivity contribution in [3.05, 3.63) is 92.7 Å². The average Bonchev–Trinajstić information content (AvgIpc) is 3.34. The van der Waals surface area contributed by atoms with E-state index in [-0.39, 0.29) is 11.6 Å². The molecule has 9 nitrogen and oxygen atoms in total. The Kier molecular flexibility index (Phi) is 4.84. The Morgan fingerprint density at radius 3 is 2.68 bits per heavy atom. The molecule has 5 aromatic rings. The third-order valence-electron chi connectivity index (χ3n) is 6.13. The monoisotopic (exact) mass is 471 g/mol. The van der Waals surface area contributed by atoms with Gasteiger partial charge in [0, 0.05) is 6.54 Å². The minimum absolute atomic E-state index is 0.240. The van der Waals surface area contributed by atoms with Crippen LogP contribution in [0.2, 0.25) is 5.02 Å². The van der Waals surface area contributed by atoms with Gasteiger partial charge in [-0.1, -0.05) is 35.9 Å². The summed E-state index contributed by atoms with van der Waals surface area (Å²) < 4.78 is 1.61. The molecule has 1 fully saturated rings. The van der Waals surface area contributed by atoms with Crippen LogP contribution in [0, 0.1) is 0 Å². The topological polar surface area (TPSA) is 110 Å². The largest absolute Gasteiger partial charge is 0.346 e. The van der Waals surface area contributed by atoms with Gasteiger partial charge in [0.25, 0.3) is 11.1 Å². The van der Waals surface area contributed by atoms with Crippen LogP contribution in [0.3, 0.4) is 0 Å². The predicted molar refractivity (Wildman–Crippen MR) is 130 cm³/mol. The van der Waals surface area contributed by atoms with Crippen molar-refractivity contribution in [2.24, 2.45) is 0 Å². The summed E-state index contributed by atoms with van der Waals surface area (Å²) in [5.74, 6) is 1.04. The maximum Gasteiger partial charge on any atom is 0.285 e. The van der Waals surface area contributed by atoms with Crippen LogP contribution < -0.4 is 16.0 Å². The average molecular weight is 472 g/mol. The molecule has 1 N–H and O–H groups in total. The van der Waals surface area contributed by atoms with Gasteiger partial charge in [-0.15, -0.1) is 0 Å². The molecule has 0 aliphatic carbocycles. The van der Waals surface area contributed by atoms with Gasteiger partial charge in [0.15, 0.2) is 0 Å². The van der Waals surface area contributed by atoms with E-state index in [4.69, 9.17) is 16.6 Å². The van der Waals surface area contributed by atoms with E-state index in [2.05, 4.69) is 19.9 Å². The zero-order valence-electron chi connectivity index (χ0n) is 17.8. The zero-order chi connectivity index (χ0) is 23.2. The minimum atomic E-state index is -0.409. The van der Waals surface area contributed by atoms with Crippen molar-refractivity contribution in [3.8, 4) is 5.69 Å². The smallest absolute Gasteiger partial charge is 0.285 e. The number of halogens is 1. The van der Waals surface area contributed by atoms with Crippen LogP contribution >= 0.6 is 11.6 Å². The van der Waals surface area contributed by atoms with Crippen molar-refractivity contribution in [2.75, 3.05) is 11.4 Å². The first-order chi connectivity index (χ1) is 16.6. The van der Waals surface area contributed by atoms with Crippen molar-refractivity contribution >= 4 is 39.4 Å². The highest BCUT2D eigenvalue weighted by molar-refractivity contribution is 6.35. The molecular weight excluding hydrogens is 454 g/mol. The molecule has 1 unspecified atom stereocenters. The number of rotatable bonds is 3. The molecule has 0 bridgehead atoms. The molecule has 0 spiro atoms. The van der Waals surface area contributed by atoms with E-state index in [0.717, 1.165) is 12.8 Å². The van der Waals surface area contributed by atoms with Crippen LogP contribution in [-0.2, 0) is 0 Å². The van der Waals surface area contributed by atoms with Crippen molar-refractivity contribution in [1.29, 1.82) is 0 Å². The highest BCUT2D eigenvalue weighted by Gasteiger charge is 2.33. The van der Waals surface area contributed by atoms with Gasteiger partial charge >= 0.3 is 0 Å². The SMILES string of the molecule is O=c1nc[nH]c2ncnc(N3CCCC3c3nc4cccc(Cl)c4c(=O)n3-c3ccccc3)c12. The normalized spacial score (nSPS) is 15.9. The van der Waals surface area contributed by atoms with Gasteiger partial charge in [0.1, 0.15) is 29.0 Å². The molecule has 168 valence electrons. The van der Waals surface area contributed by atoms with Crippen LogP contribution in [0.25, 0.3) is 27.6 Å². The van der Waals surface area contributed by atoms with Gasteiger partial charge in [-0.2, -0.15) is 4.98 Å². The number of aromatic nitrogens is 6. The lowest BCUT2D eigenvalue weighted by atomic mass is 10.1. The van der Waals surface area contributed by atoms with E-state index in [1.54, 1.807) is 22.8 Å². The summed E-state index contributed by atoms with van der Waals surface area (Å²) in [5.41, 5.74) is 0.980. The number of H-pyrrole nitrogens is 1. The molecule has 1 aliphatic rings. The fraction of sp³-hybridized carbons (Fsp3) is 0.167. The highest BCUT2D eigenvalue weighted by atomic mass is 35.5. The van der Waals surface area contributed by atoms with Gasteiger partial charge in [0.2, 0.25) is 0 Å². The predicted octanol–water partition coefficient (Wildman–Crippen LogP) is 3.41. The first kappa shape index (κ1) is 20.5. The van der Waals surface area contributed by atoms with E-state index in [0.29, 0.717) is 50.8 Å². The number of benzene rings is 2. The van der Waals surface area contributed by atoms with Crippen LogP contribution in [0.1, 0.15) is 24.7 Å². The molecule has 6 rings (SSSR count). The first-order valence-electron chi connectivity index (χ1n) is 10.8. The number of hydrogen-bond acceptors (Lipinski definition) is 7. The van der Waals surface area contributed by atoms with Crippen molar-refractivity contribution in [1.82, 2.24) is 29.5 Å². The maximum absolute atomic E-state index is 13.8. The Labute approximate surface area is 197 Å². The fourth-order valence-electron chi connectivity index (χ4n) is 4.66. The lowest BCUT2D eigenvalue weighted by Crippen LogP contribution is -2.32. The third kappa shape index (κ3) is 3.16. The number of anilines is 1. The molecule has 2 aromatic carbocycles. The molecule has 10 heteroatoms. The first-order valence-corrected chi connectivity index (χ1v) is 11.2. The second-order valence-electron chi connectivity index (χ2n) is 8.06. The minimum Gasteiger partial charge on any atom is -0.346 e. The number of aromatic amines is 1. The lowest BCUT2D eigenvalue weighted by molar-refractivity contribution is 0.634. The molecule has 0 saturated carbocycles. The van der Waals surface area contributed by atoms with Crippen molar-refractivity contribution in [2.45, 2.75) is 18.9 Å². The van der Waals surface area contributed by atoms with Crippen molar-refractivity contribution in [3.63, 3.8) is 0 Å². The second-order valence-corrected chi connectivity index (χ2v) is 8.47. The van der Waals surface area contributed by atoms with E-state index in [9.17, 15) is 9.59 Å². The molecular formula is C24H18ClN7O2. The Bertz CT molecular complexity index is 1660. The van der Waals surface area contributed by atoms with Crippen LogP contribution in [0.15, 0.2) is 70.8 Å². The number of nitrogens with one attached hydrogen (secondary N) is 1. The Morgan fingerprint density at radius 1 is 0.971 bits per heavy atom. The molecule has 4 heterocycles. The molecule has 1 aliphatic heterocycles. The molecule has 3 aromatic heterocycles. The molecule has 0 radical (unpaired) electrons. The number of nitrogens with zero attached hydrogens (tertiary/aromatic N) is 6. The lowest BCUT2D eigenvalue weighted by Gasteiger charge is -2.28. The summed E-state index contributed by atoms with van der Waals surface area (Å²) in [7, 11) is 0. The van der Waals surface area contributed by atoms with E-state index in [1.807, 2.05) is 35.2 Å². The Balaban J connectivity index is 1.63. The number of para-hydroxylation sites is 1. The summed E-state index contributed by atoms with van der Waals surface area (Å²) in [6.07, 6.45) is 4.31. The summed E-state index contributed by atoms with van der Waals surface area (Å²) in [6, 6.07) is 14.3. The van der Waals surface area contributed by atoms with Gasteiger partial charge in [0.05, 0.1) is 34.0 Å². The molecule has 34 heavy (non-hydrogen) atoms. The summed E-state index contributed by atoms with van der Waals surface area (Å²) >= 11 is 6.42. The van der Waals surface area contributed by atoms with Gasteiger partial charge in [-0.25, -0.2) is 15.0 Å². The third-order valence-corrected chi connectivity index (χ3v) is 6.45. The standard InChI is InChI=1S/C24H18ClN7O2/c25-15-8-4-9-16-18(15)24(34)32(14-6-2-1-3-7-14)21(30-16)17-10-5-11-31(17)22-19-20(26-12-28-22)27-13-29-23(19)33/h1-4,6-9,12-13,17H,5,10-11H2,(H,26,27,28,29,33). The van der Waals surface area contributed by atoms with Gasteiger partial charge in [-0.05, 0) is 37.1 Å². The molecule has 1 atom stereocenters. The zero-order valence-corrected chi connectivity index (χ0v) is 18.6. The van der Waals surface area contributed by atoms with E-state index >= 15 is 0 Å². The Hall–Kier alpha value is -4.11.